The van der Waals surface area contributed by atoms with Crippen LogP contribution < -0.4 is 4.74 Å². The van der Waals surface area contributed by atoms with Crippen molar-refractivity contribution in [3.63, 3.8) is 0 Å². The van der Waals surface area contributed by atoms with E-state index in [9.17, 15) is 13.6 Å². The van der Waals surface area contributed by atoms with Crippen molar-refractivity contribution >= 4 is 5.78 Å². The number of nitriles is 1. The minimum atomic E-state index is -0.731. The van der Waals surface area contributed by atoms with Crippen LogP contribution in [0.15, 0.2) is 30.3 Å². The van der Waals surface area contributed by atoms with E-state index in [0.29, 0.717) is 0 Å². The van der Waals surface area contributed by atoms with Crippen LogP contribution in [-0.4, -0.2) is 5.78 Å². The largest absolute Gasteiger partial charge is 0.454 e. The smallest absolute Gasteiger partial charge is 0.167 e. The van der Waals surface area contributed by atoms with Gasteiger partial charge in [0, 0.05) is 0 Å². The Hall–Kier alpha value is -2.74. The third-order valence-electron chi connectivity index (χ3n) is 2.92. The second-order valence-electron chi connectivity index (χ2n) is 4.51. The number of aryl methyl sites for hydroxylation is 1. The fourth-order valence-corrected chi connectivity index (χ4v) is 1.79. The Morgan fingerprint density at radius 3 is 2.43 bits per heavy atom. The lowest BCUT2D eigenvalue weighted by atomic mass is 10.1. The molecule has 0 saturated heterocycles. The van der Waals surface area contributed by atoms with Crippen molar-refractivity contribution in [1.29, 1.82) is 5.26 Å². The highest BCUT2D eigenvalue weighted by atomic mass is 19.1. The molecule has 2 rings (SSSR count). The van der Waals surface area contributed by atoms with E-state index in [1.165, 1.54) is 32.0 Å². The van der Waals surface area contributed by atoms with Gasteiger partial charge in [-0.1, -0.05) is 0 Å². The highest BCUT2D eigenvalue weighted by Gasteiger charge is 2.15. The predicted octanol–water partition coefficient (Wildman–Crippen LogP) is 4.14. The Kier molecular flexibility index (Phi) is 3.99. The zero-order valence-corrected chi connectivity index (χ0v) is 11.4. The van der Waals surface area contributed by atoms with E-state index in [-0.39, 0.29) is 28.2 Å². The molecule has 0 aliphatic rings. The fraction of sp³-hybridized carbons (Fsp3) is 0.125. The molecule has 21 heavy (non-hydrogen) atoms. The number of benzene rings is 2. The van der Waals surface area contributed by atoms with Crippen molar-refractivity contribution < 1.29 is 18.3 Å². The number of nitrogens with zero attached hydrogens (tertiary/aromatic N) is 1. The Balaban J connectivity index is 2.46. The number of carbonyl (C=O) groups excluding carboxylic acids is 1. The number of ether oxygens (including phenoxy) is 1. The van der Waals surface area contributed by atoms with Gasteiger partial charge in [0.2, 0.25) is 0 Å². The molecule has 0 N–H and O–H groups in total. The molecule has 2 aromatic carbocycles. The van der Waals surface area contributed by atoms with E-state index in [1.54, 1.807) is 6.07 Å². The van der Waals surface area contributed by atoms with Gasteiger partial charge in [0.15, 0.2) is 17.3 Å². The van der Waals surface area contributed by atoms with Crippen molar-refractivity contribution in [2.24, 2.45) is 0 Å². The number of ketones is 1. The topological polar surface area (TPSA) is 50.1 Å². The first-order valence-corrected chi connectivity index (χ1v) is 6.11. The van der Waals surface area contributed by atoms with Crippen LogP contribution in [0.2, 0.25) is 0 Å². The average Bonchev–Trinajstić information content (AvgIpc) is 2.44. The van der Waals surface area contributed by atoms with Crippen molar-refractivity contribution in [3.8, 4) is 17.6 Å². The molecule has 0 heterocycles. The van der Waals surface area contributed by atoms with Crippen LogP contribution in [0, 0.1) is 29.9 Å². The number of hydrogen-bond donors (Lipinski definition) is 0. The van der Waals surface area contributed by atoms with E-state index in [1.807, 2.05) is 0 Å². The van der Waals surface area contributed by atoms with Gasteiger partial charge in [0.05, 0.1) is 17.2 Å². The minimum Gasteiger partial charge on any atom is -0.454 e. The summed E-state index contributed by atoms with van der Waals surface area (Å²) in [5.74, 6) is -1.72. The molecule has 0 radical (unpaired) electrons. The quantitative estimate of drug-likeness (QED) is 0.797. The van der Waals surface area contributed by atoms with Crippen LogP contribution in [0.1, 0.15) is 28.4 Å². The number of Topliss-reactive ketones (excluding diaryl/α,β-unsaturated/α-hetero) is 1. The van der Waals surface area contributed by atoms with Gasteiger partial charge in [0.1, 0.15) is 11.6 Å². The standard InChI is InChI=1S/C16H11F2NO2/c1-9-5-16(12(10(2)20)7-13(9)17)21-15-4-3-11(8-19)6-14(15)18/h3-7H,1-2H3. The van der Waals surface area contributed by atoms with Gasteiger partial charge in [-0.2, -0.15) is 5.26 Å². The first-order valence-electron chi connectivity index (χ1n) is 6.11. The Labute approximate surface area is 120 Å². The summed E-state index contributed by atoms with van der Waals surface area (Å²) in [5, 5.41) is 8.68. The summed E-state index contributed by atoms with van der Waals surface area (Å²) in [7, 11) is 0. The molecule has 0 fully saturated rings. The second-order valence-corrected chi connectivity index (χ2v) is 4.51. The van der Waals surface area contributed by atoms with Crippen molar-refractivity contribution in [2.75, 3.05) is 0 Å². The molecule has 0 atom stereocenters. The number of rotatable bonds is 3. The highest BCUT2D eigenvalue weighted by molar-refractivity contribution is 5.97. The lowest BCUT2D eigenvalue weighted by Crippen LogP contribution is -2.00. The molecule has 0 aliphatic heterocycles. The first kappa shape index (κ1) is 14.7. The van der Waals surface area contributed by atoms with Gasteiger partial charge in [-0.25, -0.2) is 8.78 Å². The first-order chi connectivity index (χ1) is 9.92. The SMILES string of the molecule is CC(=O)c1cc(F)c(C)cc1Oc1ccc(C#N)cc1F. The normalized spacial score (nSPS) is 10.0. The van der Waals surface area contributed by atoms with Gasteiger partial charge < -0.3 is 4.74 Å². The number of carbonyl (C=O) groups is 1. The molecular formula is C16H11F2NO2. The molecule has 0 bridgehead atoms. The zero-order chi connectivity index (χ0) is 15.6. The van der Waals surface area contributed by atoms with E-state index in [2.05, 4.69) is 0 Å². The van der Waals surface area contributed by atoms with Crippen LogP contribution in [0.4, 0.5) is 8.78 Å². The van der Waals surface area contributed by atoms with Gasteiger partial charge in [-0.15, -0.1) is 0 Å². The molecule has 5 heteroatoms. The summed E-state index contributed by atoms with van der Waals surface area (Å²) >= 11 is 0. The summed E-state index contributed by atoms with van der Waals surface area (Å²) < 4.78 is 32.7. The maximum atomic E-state index is 13.8. The molecule has 0 saturated carbocycles. The van der Waals surface area contributed by atoms with Gasteiger partial charge >= 0.3 is 0 Å². The summed E-state index contributed by atoms with van der Waals surface area (Å²) in [5.41, 5.74) is 0.466. The Morgan fingerprint density at radius 2 is 1.86 bits per heavy atom. The molecule has 0 spiro atoms. The van der Waals surface area contributed by atoms with Gasteiger partial charge in [-0.05, 0) is 49.7 Å². The molecule has 106 valence electrons. The summed E-state index contributed by atoms with van der Waals surface area (Å²) in [6.45, 7) is 2.79. The summed E-state index contributed by atoms with van der Waals surface area (Å²) in [6.07, 6.45) is 0. The molecule has 2 aromatic rings. The van der Waals surface area contributed by atoms with Gasteiger partial charge in [-0.3, -0.25) is 4.79 Å². The second kappa shape index (κ2) is 5.71. The van der Waals surface area contributed by atoms with Crippen molar-refractivity contribution in [3.05, 3.63) is 58.7 Å². The van der Waals surface area contributed by atoms with E-state index in [4.69, 9.17) is 10.00 Å². The number of halogens is 2. The van der Waals surface area contributed by atoms with E-state index in [0.717, 1.165) is 12.1 Å². The maximum absolute atomic E-state index is 13.8. The molecule has 0 aromatic heterocycles. The van der Waals surface area contributed by atoms with Crippen LogP contribution >= 0.6 is 0 Å². The molecule has 0 amide bonds. The van der Waals surface area contributed by atoms with E-state index >= 15 is 0 Å². The fourth-order valence-electron chi connectivity index (χ4n) is 1.79. The zero-order valence-electron chi connectivity index (χ0n) is 11.4. The Bertz CT molecular complexity index is 764. The summed E-state index contributed by atoms with van der Waals surface area (Å²) in [4.78, 5) is 11.5. The van der Waals surface area contributed by atoms with E-state index < -0.39 is 17.4 Å². The Morgan fingerprint density at radius 1 is 1.14 bits per heavy atom. The predicted molar refractivity (Wildman–Crippen MR) is 72.3 cm³/mol. The summed E-state index contributed by atoms with van der Waals surface area (Å²) in [6, 6.07) is 7.91. The van der Waals surface area contributed by atoms with Crippen LogP contribution in [0.5, 0.6) is 11.5 Å². The third kappa shape index (κ3) is 3.06. The number of hydrogen-bond acceptors (Lipinski definition) is 3. The molecular weight excluding hydrogens is 276 g/mol. The lowest BCUT2D eigenvalue weighted by molar-refractivity contribution is 0.101. The van der Waals surface area contributed by atoms with Crippen molar-refractivity contribution in [1.82, 2.24) is 0 Å². The maximum Gasteiger partial charge on any atom is 0.167 e. The molecule has 0 aliphatic carbocycles. The third-order valence-corrected chi connectivity index (χ3v) is 2.92. The molecule has 3 nitrogen and oxygen atoms in total. The highest BCUT2D eigenvalue weighted by Crippen LogP contribution is 2.30. The van der Waals surface area contributed by atoms with Crippen LogP contribution in [0.3, 0.4) is 0 Å². The molecule has 0 unspecified atom stereocenters. The van der Waals surface area contributed by atoms with Crippen molar-refractivity contribution in [2.45, 2.75) is 13.8 Å². The minimum absolute atomic E-state index is 0.0295. The van der Waals surface area contributed by atoms with Crippen LogP contribution in [-0.2, 0) is 0 Å². The van der Waals surface area contributed by atoms with Crippen LogP contribution in [0.25, 0.3) is 0 Å². The lowest BCUT2D eigenvalue weighted by Gasteiger charge is -2.11. The average molecular weight is 287 g/mol. The monoisotopic (exact) mass is 287 g/mol. The van der Waals surface area contributed by atoms with Gasteiger partial charge in [0.25, 0.3) is 0 Å².